The van der Waals surface area contributed by atoms with Crippen LogP contribution < -0.4 is 0 Å². The van der Waals surface area contributed by atoms with E-state index in [0.29, 0.717) is 36.3 Å². The highest BCUT2D eigenvalue weighted by atomic mass is 19.1. The van der Waals surface area contributed by atoms with Crippen molar-refractivity contribution in [3.05, 3.63) is 35.9 Å². The van der Waals surface area contributed by atoms with Crippen LogP contribution in [0.5, 0.6) is 0 Å². The number of hydrogen-bond donors (Lipinski definition) is 0. The van der Waals surface area contributed by atoms with Crippen LogP contribution in [0.4, 0.5) is 4.39 Å². The fraction of sp³-hybridized carbons (Fsp3) is 0.500. The van der Waals surface area contributed by atoms with Crippen molar-refractivity contribution in [3.63, 3.8) is 0 Å². The Morgan fingerprint density at radius 2 is 2.04 bits per heavy atom. The van der Waals surface area contributed by atoms with E-state index >= 15 is 0 Å². The lowest BCUT2D eigenvalue weighted by Crippen LogP contribution is -2.37. The number of rotatable bonds is 3. The quantitative estimate of drug-likeness (QED) is 0.864. The summed E-state index contributed by atoms with van der Waals surface area (Å²) in [5.74, 6) is 0.648. The summed E-state index contributed by atoms with van der Waals surface area (Å²) >= 11 is 0. The van der Waals surface area contributed by atoms with Gasteiger partial charge in [-0.3, -0.25) is 4.79 Å². The first-order valence-electron chi connectivity index (χ1n) is 8.60. The van der Waals surface area contributed by atoms with Crippen molar-refractivity contribution < 1.29 is 13.7 Å². The van der Waals surface area contributed by atoms with Gasteiger partial charge in [0.05, 0.1) is 0 Å². The van der Waals surface area contributed by atoms with E-state index in [9.17, 15) is 9.18 Å². The Labute approximate surface area is 139 Å². The molecule has 4 rings (SSSR count). The monoisotopic (exact) mass is 329 g/mol. The lowest BCUT2D eigenvalue weighted by molar-refractivity contribution is -0.130. The second-order valence-corrected chi connectivity index (χ2v) is 6.71. The smallest absolute Gasteiger partial charge is 0.258 e. The molecule has 1 aliphatic heterocycles. The van der Waals surface area contributed by atoms with Gasteiger partial charge in [0.2, 0.25) is 5.91 Å². The highest BCUT2D eigenvalue weighted by molar-refractivity contribution is 5.80. The molecule has 2 aliphatic rings. The van der Waals surface area contributed by atoms with Crippen LogP contribution in [0.3, 0.4) is 0 Å². The standard InChI is InChI=1S/C18H20FN3O2/c19-14-6-4-5-12(9-14)18-20-17(21-24-18)13-10-16(23)22(11-13)15-7-2-1-3-8-15/h4-6,9,13,15H,1-3,7-8,10-11H2/t13-/m0/s1. The van der Waals surface area contributed by atoms with Crippen LogP contribution >= 0.6 is 0 Å². The highest BCUT2D eigenvalue weighted by Gasteiger charge is 2.37. The van der Waals surface area contributed by atoms with Crippen LogP contribution in [0.1, 0.15) is 50.3 Å². The van der Waals surface area contributed by atoms with E-state index in [1.54, 1.807) is 12.1 Å². The molecule has 126 valence electrons. The van der Waals surface area contributed by atoms with Crippen LogP contribution in [0.2, 0.25) is 0 Å². The molecular formula is C18H20FN3O2. The van der Waals surface area contributed by atoms with Gasteiger partial charge in [-0.2, -0.15) is 4.98 Å². The average molecular weight is 329 g/mol. The minimum Gasteiger partial charge on any atom is -0.339 e. The Kier molecular flexibility index (Phi) is 4.04. The predicted molar refractivity (Wildman–Crippen MR) is 85.6 cm³/mol. The molecule has 1 aliphatic carbocycles. The zero-order valence-corrected chi connectivity index (χ0v) is 13.4. The number of aromatic nitrogens is 2. The SMILES string of the molecule is O=C1C[C@H](c2noc(-c3cccc(F)c3)n2)CN1C1CCCCC1. The zero-order chi connectivity index (χ0) is 16.5. The zero-order valence-electron chi connectivity index (χ0n) is 13.4. The summed E-state index contributed by atoms with van der Waals surface area (Å²) in [5, 5.41) is 4.03. The van der Waals surface area contributed by atoms with Crippen LogP contribution in [0, 0.1) is 5.82 Å². The van der Waals surface area contributed by atoms with E-state index in [1.165, 1.54) is 31.4 Å². The summed E-state index contributed by atoms with van der Waals surface area (Å²) in [6, 6.07) is 6.45. The second-order valence-electron chi connectivity index (χ2n) is 6.71. The molecule has 1 atom stereocenters. The molecule has 6 heteroatoms. The van der Waals surface area contributed by atoms with Crippen LogP contribution in [0.25, 0.3) is 11.5 Å². The number of halogens is 1. The summed E-state index contributed by atoms with van der Waals surface area (Å²) in [4.78, 5) is 18.8. The van der Waals surface area contributed by atoms with E-state index in [2.05, 4.69) is 10.1 Å². The molecule has 0 unspecified atom stereocenters. The maximum Gasteiger partial charge on any atom is 0.258 e. The fourth-order valence-corrected chi connectivity index (χ4v) is 3.79. The van der Waals surface area contributed by atoms with E-state index in [0.717, 1.165) is 12.8 Å². The molecular weight excluding hydrogens is 309 g/mol. The lowest BCUT2D eigenvalue weighted by atomic mass is 9.94. The van der Waals surface area contributed by atoms with Crippen molar-refractivity contribution in [1.82, 2.24) is 15.0 Å². The van der Waals surface area contributed by atoms with Crippen LogP contribution in [-0.2, 0) is 4.79 Å². The van der Waals surface area contributed by atoms with Crippen molar-refractivity contribution in [1.29, 1.82) is 0 Å². The highest BCUT2D eigenvalue weighted by Crippen LogP contribution is 2.33. The maximum absolute atomic E-state index is 13.3. The van der Waals surface area contributed by atoms with Gasteiger partial charge < -0.3 is 9.42 Å². The molecule has 24 heavy (non-hydrogen) atoms. The Balaban J connectivity index is 1.50. The van der Waals surface area contributed by atoms with E-state index in [-0.39, 0.29) is 17.6 Å². The Morgan fingerprint density at radius 1 is 1.21 bits per heavy atom. The van der Waals surface area contributed by atoms with E-state index in [1.807, 2.05) is 4.90 Å². The summed E-state index contributed by atoms with van der Waals surface area (Å²) in [6.07, 6.45) is 6.29. The number of amides is 1. The molecule has 5 nitrogen and oxygen atoms in total. The number of nitrogens with zero attached hydrogens (tertiary/aromatic N) is 3. The van der Waals surface area contributed by atoms with Crippen LogP contribution in [0.15, 0.2) is 28.8 Å². The van der Waals surface area contributed by atoms with Gasteiger partial charge in [-0.15, -0.1) is 0 Å². The van der Waals surface area contributed by atoms with Gasteiger partial charge in [-0.25, -0.2) is 4.39 Å². The molecule has 0 spiro atoms. The summed E-state index contributed by atoms with van der Waals surface area (Å²) in [6.45, 7) is 0.658. The molecule has 1 amide bonds. The maximum atomic E-state index is 13.3. The van der Waals surface area contributed by atoms with Crippen molar-refractivity contribution in [3.8, 4) is 11.5 Å². The summed E-state index contributed by atoms with van der Waals surface area (Å²) in [7, 11) is 0. The van der Waals surface area contributed by atoms with Gasteiger partial charge in [-0.05, 0) is 31.0 Å². The molecule has 1 saturated carbocycles. The average Bonchev–Trinajstić information content (AvgIpc) is 3.22. The third-order valence-corrected chi connectivity index (χ3v) is 5.05. The summed E-state index contributed by atoms with van der Waals surface area (Å²) in [5.41, 5.74) is 0.558. The van der Waals surface area contributed by atoms with E-state index < -0.39 is 0 Å². The van der Waals surface area contributed by atoms with Crippen molar-refractivity contribution in [2.45, 2.75) is 50.5 Å². The van der Waals surface area contributed by atoms with Gasteiger partial charge >= 0.3 is 0 Å². The van der Waals surface area contributed by atoms with E-state index in [4.69, 9.17) is 4.52 Å². The number of carbonyl (C=O) groups is 1. The first-order chi connectivity index (χ1) is 11.7. The molecule has 1 aromatic carbocycles. The molecule has 1 saturated heterocycles. The molecule has 0 N–H and O–H groups in total. The first kappa shape index (κ1) is 15.3. The molecule has 2 fully saturated rings. The molecule has 2 aromatic rings. The topological polar surface area (TPSA) is 59.2 Å². The predicted octanol–water partition coefficient (Wildman–Crippen LogP) is 3.52. The minimum atomic E-state index is -0.341. The third kappa shape index (κ3) is 2.92. The fourth-order valence-electron chi connectivity index (χ4n) is 3.79. The first-order valence-corrected chi connectivity index (χ1v) is 8.60. The number of hydrogen-bond acceptors (Lipinski definition) is 4. The van der Waals surface area contributed by atoms with Gasteiger partial charge in [-0.1, -0.05) is 30.5 Å². The Morgan fingerprint density at radius 3 is 2.83 bits per heavy atom. The largest absolute Gasteiger partial charge is 0.339 e. The Hall–Kier alpha value is -2.24. The van der Waals surface area contributed by atoms with Gasteiger partial charge in [0, 0.05) is 30.5 Å². The normalized spacial score (nSPS) is 22.3. The number of likely N-dealkylation sites (tertiary alicyclic amines) is 1. The molecule has 0 radical (unpaired) electrons. The van der Waals surface area contributed by atoms with Crippen molar-refractivity contribution in [2.24, 2.45) is 0 Å². The number of benzene rings is 1. The Bertz CT molecular complexity index is 739. The lowest BCUT2D eigenvalue weighted by Gasteiger charge is -2.31. The number of carbonyl (C=O) groups excluding carboxylic acids is 1. The minimum absolute atomic E-state index is 0.0366. The van der Waals surface area contributed by atoms with Crippen molar-refractivity contribution in [2.75, 3.05) is 6.54 Å². The third-order valence-electron chi connectivity index (χ3n) is 5.05. The molecule has 0 bridgehead atoms. The molecule has 2 heterocycles. The van der Waals surface area contributed by atoms with Crippen molar-refractivity contribution >= 4 is 5.91 Å². The second kappa shape index (κ2) is 6.34. The summed E-state index contributed by atoms with van der Waals surface area (Å²) < 4.78 is 18.6. The van der Waals surface area contributed by atoms with Gasteiger partial charge in [0.1, 0.15) is 5.82 Å². The van der Waals surface area contributed by atoms with Gasteiger partial charge in [0.15, 0.2) is 5.82 Å². The van der Waals surface area contributed by atoms with Crippen LogP contribution in [-0.4, -0.2) is 33.5 Å². The molecule has 1 aromatic heterocycles. The van der Waals surface area contributed by atoms with Gasteiger partial charge in [0.25, 0.3) is 5.89 Å².